The second-order valence-electron chi connectivity index (χ2n) is 17.0. The zero-order chi connectivity index (χ0) is 34.3. The molecule has 0 aromatic heterocycles. The van der Waals surface area contributed by atoms with E-state index in [4.69, 9.17) is 0 Å². The van der Waals surface area contributed by atoms with Crippen LogP contribution in [0.4, 0.5) is 22.0 Å². The average Bonchev–Trinajstić information content (AvgIpc) is 3.36. The third-order valence-corrected chi connectivity index (χ3v) is 17.2. The number of rotatable bonds is 7. The molecule has 5 fully saturated rings. The Morgan fingerprint density at radius 1 is 0.830 bits per heavy atom. The quantitative estimate of drug-likeness (QED) is 0.280. The molecule has 2 N–H and O–H groups in total. The van der Waals surface area contributed by atoms with Crippen LogP contribution in [0.1, 0.15) is 117 Å². The van der Waals surface area contributed by atoms with E-state index in [1.165, 1.54) is 0 Å². The summed E-state index contributed by atoms with van der Waals surface area (Å²) in [5.74, 6) is -2.10. The van der Waals surface area contributed by atoms with Crippen molar-refractivity contribution in [2.24, 2.45) is 46.3 Å². The lowest BCUT2D eigenvalue weighted by Gasteiger charge is -2.62. The van der Waals surface area contributed by atoms with E-state index in [-0.39, 0.29) is 77.9 Å². The number of aliphatic hydroxyl groups is 2. The molecule has 10 atom stereocenters. The second-order valence-corrected chi connectivity index (χ2v) is 19.2. The minimum atomic E-state index is -4.63. The van der Waals surface area contributed by atoms with Crippen molar-refractivity contribution >= 4 is 9.84 Å². The van der Waals surface area contributed by atoms with Crippen LogP contribution < -0.4 is 0 Å². The van der Waals surface area contributed by atoms with Gasteiger partial charge in [-0.2, -0.15) is 13.2 Å². The Bertz CT molecular complexity index is 1390. The molecule has 1 aromatic carbocycles. The molecule has 0 saturated heterocycles. The van der Waals surface area contributed by atoms with Gasteiger partial charge in [0.2, 0.25) is 5.92 Å². The van der Waals surface area contributed by atoms with E-state index >= 15 is 0 Å². The summed E-state index contributed by atoms with van der Waals surface area (Å²) in [5.41, 5.74) is -4.29. The van der Waals surface area contributed by atoms with E-state index in [1.54, 1.807) is 30.3 Å². The van der Waals surface area contributed by atoms with Crippen LogP contribution in [0.25, 0.3) is 0 Å². The van der Waals surface area contributed by atoms with Gasteiger partial charge in [0.15, 0.2) is 15.4 Å². The highest BCUT2D eigenvalue weighted by Crippen LogP contribution is 2.69. The molecule has 47 heavy (non-hydrogen) atoms. The van der Waals surface area contributed by atoms with Gasteiger partial charge in [0.25, 0.3) is 0 Å². The number of hydrogen-bond acceptors (Lipinski definition) is 4. The first-order valence-electron chi connectivity index (χ1n) is 17.9. The van der Waals surface area contributed by atoms with Gasteiger partial charge in [-0.1, -0.05) is 39.0 Å². The molecule has 0 bridgehead atoms. The van der Waals surface area contributed by atoms with Gasteiger partial charge in [-0.05, 0) is 142 Å². The van der Waals surface area contributed by atoms with Gasteiger partial charge in [0.05, 0.1) is 15.7 Å². The Morgan fingerprint density at radius 2 is 1.47 bits per heavy atom. The molecule has 1 aromatic rings. The largest absolute Gasteiger partial charge is 0.417 e. The molecule has 6 rings (SSSR count). The zero-order valence-electron chi connectivity index (χ0n) is 28.0. The Labute approximate surface area is 277 Å². The minimum Gasteiger partial charge on any atom is -0.390 e. The van der Waals surface area contributed by atoms with Gasteiger partial charge in [-0.15, -0.1) is 0 Å². The molecular weight excluding hydrogens is 635 g/mol. The molecule has 0 spiro atoms. The van der Waals surface area contributed by atoms with Crippen LogP contribution in [-0.2, 0) is 9.84 Å². The maximum Gasteiger partial charge on any atom is 0.417 e. The highest BCUT2D eigenvalue weighted by Gasteiger charge is 2.65. The number of fused-ring (bicyclic) bond motifs is 5. The summed E-state index contributed by atoms with van der Waals surface area (Å²) in [6.45, 7) is 6.51. The number of halogens is 5. The molecule has 5 aliphatic rings. The molecule has 0 amide bonds. The van der Waals surface area contributed by atoms with Crippen molar-refractivity contribution in [3.63, 3.8) is 0 Å². The smallest absolute Gasteiger partial charge is 0.390 e. The Morgan fingerprint density at radius 3 is 2.11 bits per heavy atom. The first-order valence-corrected chi connectivity index (χ1v) is 19.5. The molecule has 5 saturated carbocycles. The minimum absolute atomic E-state index is 0.0428. The highest BCUT2D eigenvalue weighted by molar-refractivity contribution is 7.92. The second kappa shape index (κ2) is 11.9. The maximum absolute atomic E-state index is 14.3. The van der Waals surface area contributed by atoms with Crippen LogP contribution in [0.2, 0.25) is 0 Å². The first-order chi connectivity index (χ1) is 21.7. The number of alkyl halides is 5. The van der Waals surface area contributed by atoms with Crippen molar-refractivity contribution in [2.75, 3.05) is 0 Å². The summed E-state index contributed by atoms with van der Waals surface area (Å²) >= 11 is 0. The molecular formula is C37H53F5O4S. The fourth-order valence-corrected chi connectivity index (χ4v) is 14.0. The van der Waals surface area contributed by atoms with Crippen molar-refractivity contribution in [3.05, 3.63) is 30.3 Å². The predicted molar refractivity (Wildman–Crippen MR) is 170 cm³/mol. The number of hydrogen-bond donors (Lipinski definition) is 2. The van der Waals surface area contributed by atoms with Crippen molar-refractivity contribution in [2.45, 2.75) is 151 Å². The van der Waals surface area contributed by atoms with E-state index in [1.807, 2.05) is 6.92 Å². The summed E-state index contributed by atoms with van der Waals surface area (Å²) in [6, 6.07) is 8.40. The van der Waals surface area contributed by atoms with Gasteiger partial charge < -0.3 is 10.2 Å². The molecule has 4 nitrogen and oxygen atoms in total. The van der Waals surface area contributed by atoms with Crippen molar-refractivity contribution < 1.29 is 40.6 Å². The van der Waals surface area contributed by atoms with Crippen molar-refractivity contribution in [1.29, 1.82) is 0 Å². The molecule has 266 valence electrons. The predicted octanol–water partition coefficient (Wildman–Crippen LogP) is 9.14. The SMILES string of the molecule is C[C@H](C(CCC1(O)CCC(F)(F)CC1)S(=O)(=O)c1ccccc1)[C@H]1CC[C@H]2C3CC[C@H]4C[C@](O)(C(F)(F)F)CC[C@]4(C)[C@H]3CC[C@]12C. The van der Waals surface area contributed by atoms with Crippen LogP contribution in [0.5, 0.6) is 0 Å². The summed E-state index contributed by atoms with van der Waals surface area (Å²) in [7, 11) is -3.80. The monoisotopic (exact) mass is 688 g/mol. The summed E-state index contributed by atoms with van der Waals surface area (Å²) in [5, 5.41) is 21.1. The first kappa shape index (κ1) is 35.6. The van der Waals surface area contributed by atoms with Gasteiger partial charge in [0.1, 0.15) is 0 Å². The van der Waals surface area contributed by atoms with Gasteiger partial charge in [-0.3, -0.25) is 0 Å². The fourth-order valence-electron chi connectivity index (χ4n) is 11.9. The molecule has 2 unspecified atom stereocenters. The van der Waals surface area contributed by atoms with E-state index < -0.39 is 51.2 Å². The lowest BCUT2D eigenvalue weighted by atomic mass is 9.43. The van der Waals surface area contributed by atoms with Gasteiger partial charge >= 0.3 is 6.18 Å². The Kier molecular flexibility index (Phi) is 9.02. The van der Waals surface area contributed by atoms with Gasteiger partial charge in [-0.25, -0.2) is 17.2 Å². The average molecular weight is 689 g/mol. The standard InChI is InChI=1S/C37H53F5O4S/c1-24(31(47(45,46)26-7-5-4-6-8-26)14-16-34(43)18-21-36(38,39)22-19-34)28-11-12-29-27-10-9-25-23-35(44,37(40,41)42)20-17-32(25,2)30(27)13-15-33(28,29)3/h4-8,24-25,27-31,43-44H,9-23H2,1-3H3/t24-,25-,27?,28+,29-,30-,31?,32-,33+,35-/m0/s1. The van der Waals surface area contributed by atoms with E-state index in [0.29, 0.717) is 24.7 Å². The summed E-state index contributed by atoms with van der Waals surface area (Å²) in [6.07, 6.45) is -0.135. The van der Waals surface area contributed by atoms with E-state index in [2.05, 4.69) is 13.8 Å². The van der Waals surface area contributed by atoms with Crippen LogP contribution in [-0.4, -0.2) is 47.2 Å². The lowest BCUT2D eigenvalue weighted by molar-refractivity contribution is -0.290. The molecule has 10 heteroatoms. The number of sulfone groups is 1. The summed E-state index contributed by atoms with van der Waals surface area (Å²) in [4.78, 5) is 0.241. The topological polar surface area (TPSA) is 74.6 Å². The number of benzene rings is 1. The van der Waals surface area contributed by atoms with Crippen LogP contribution in [0, 0.1) is 46.3 Å². The maximum atomic E-state index is 14.3. The molecule has 5 aliphatic carbocycles. The van der Waals surface area contributed by atoms with Gasteiger partial charge in [0, 0.05) is 12.8 Å². The highest BCUT2D eigenvalue weighted by atomic mass is 32.2. The third-order valence-electron chi connectivity index (χ3n) is 14.8. The lowest BCUT2D eigenvalue weighted by Crippen LogP contribution is -2.59. The van der Waals surface area contributed by atoms with Crippen LogP contribution in [0.15, 0.2) is 35.2 Å². The van der Waals surface area contributed by atoms with E-state index in [9.17, 15) is 40.6 Å². The Balaban J connectivity index is 1.23. The van der Waals surface area contributed by atoms with Crippen molar-refractivity contribution in [3.8, 4) is 0 Å². The fraction of sp³-hybridized carbons (Fsp3) is 0.838. The van der Waals surface area contributed by atoms with Crippen molar-refractivity contribution in [1.82, 2.24) is 0 Å². The zero-order valence-corrected chi connectivity index (χ0v) is 28.9. The van der Waals surface area contributed by atoms with Crippen LogP contribution >= 0.6 is 0 Å². The molecule has 0 aliphatic heterocycles. The normalized spacial score (nSPS) is 41.3. The van der Waals surface area contributed by atoms with E-state index in [0.717, 1.165) is 32.1 Å². The molecule has 0 radical (unpaired) electrons. The Hall–Kier alpha value is -1.26. The van der Waals surface area contributed by atoms with Crippen LogP contribution in [0.3, 0.4) is 0 Å². The molecule has 0 heterocycles. The summed E-state index contributed by atoms with van der Waals surface area (Å²) < 4.78 is 98.0. The third kappa shape index (κ3) is 6.10.